The summed E-state index contributed by atoms with van der Waals surface area (Å²) >= 11 is 0. The predicted octanol–water partition coefficient (Wildman–Crippen LogP) is 1.59. The average molecular weight is 278 g/mol. The second-order valence-corrected chi connectivity index (χ2v) is 5.68. The molecule has 5 heteroatoms. The van der Waals surface area contributed by atoms with Crippen LogP contribution in [0.1, 0.15) is 32.8 Å². The first-order valence-corrected chi connectivity index (χ1v) is 6.87. The molecule has 0 aromatic heterocycles. The van der Waals surface area contributed by atoms with Crippen LogP contribution < -0.4 is 20.5 Å². The number of amides is 1. The molecule has 0 saturated carbocycles. The normalized spacial score (nSPS) is 16.2. The average Bonchev–Trinajstić information content (AvgIpc) is 2.82. The number of benzene rings is 1. The van der Waals surface area contributed by atoms with Crippen molar-refractivity contribution in [3.05, 3.63) is 23.8 Å². The van der Waals surface area contributed by atoms with Crippen molar-refractivity contribution in [2.75, 3.05) is 6.79 Å². The second-order valence-electron chi connectivity index (χ2n) is 5.68. The minimum atomic E-state index is -0.704. The van der Waals surface area contributed by atoms with Crippen LogP contribution in [0.4, 0.5) is 0 Å². The Balaban J connectivity index is 2.04. The van der Waals surface area contributed by atoms with E-state index in [1.54, 1.807) is 0 Å². The van der Waals surface area contributed by atoms with Gasteiger partial charge < -0.3 is 20.5 Å². The highest BCUT2D eigenvalue weighted by molar-refractivity contribution is 5.84. The highest BCUT2D eigenvalue weighted by Gasteiger charge is 2.31. The molecule has 5 nitrogen and oxygen atoms in total. The first kappa shape index (κ1) is 14.7. The monoisotopic (exact) mass is 278 g/mol. The van der Waals surface area contributed by atoms with Crippen molar-refractivity contribution in [1.82, 2.24) is 5.32 Å². The van der Waals surface area contributed by atoms with Gasteiger partial charge in [-0.1, -0.05) is 6.07 Å². The SMILES string of the molecule is CC(C)NC(C)(CCc1ccc2c(c1)OCO2)C(N)=O. The number of hydrogen-bond acceptors (Lipinski definition) is 4. The van der Waals surface area contributed by atoms with E-state index in [-0.39, 0.29) is 18.7 Å². The molecule has 1 heterocycles. The molecule has 1 aromatic rings. The number of nitrogens with one attached hydrogen (secondary N) is 1. The number of primary amides is 1. The summed E-state index contributed by atoms with van der Waals surface area (Å²) < 4.78 is 10.6. The van der Waals surface area contributed by atoms with Gasteiger partial charge in [0, 0.05) is 6.04 Å². The molecule has 0 fully saturated rings. The fourth-order valence-corrected chi connectivity index (χ4v) is 2.39. The van der Waals surface area contributed by atoms with Crippen molar-refractivity contribution >= 4 is 5.91 Å². The molecule has 3 N–H and O–H groups in total. The summed E-state index contributed by atoms with van der Waals surface area (Å²) in [5, 5.41) is 3.25. The van der Waals surface area contributed by atoms with Crippen molar-refractivity contribution in [3.8, 4) is 11.5 Å². The van der Waals surface area contributed by atoms with Crippen LogP contribution in [0.25, 0.3) is 0 Å². The molecule has 1 aromatic carbocycles. The zero-order chi connectivity index (χ0) is 14.8. The van der Waals surface area contributed by atoms with E-state index in [1.165, 1.54) is 0 Å². The number of aryl methyl sites for hydroxylation is 1. The van der Waals surface area contributed by atoms with Crippen molar-refractivity contribution in [1.29, 1.82) is 0 Å². The Morgan fingerprint density at radius 1 is 1.40 bits per heavy atom. The smallest absolute Gasteiger partial charge is 0.237 e. The van der Waals surface area contributed by atoms with Crippen LogP contribution in [0.5, 0.6) is 11.5 Å². The summed E-state index contributed by atoms with van der Waals surface area (Å²) in [6, 6.07) is 6.04. The van der Waals surface area contributed by atoms with E-state index in [4.69, 9.17) is 15.2 Å². The molecule has 0 bridgehead atoms. The molecule has 20 heavy (non-hydrogen) atoms. The van der Waals surface area contributed by atoms with E-state index in [9.17, 15) is 4.79 Å². The highest BCUT2D eigenvalue weighted by Crippen LogP contribution is 2.33. The number of carbonyl (C=O) groups is 1. The van der Waals surface area contributed by atoms with Gasteiger partial charge in [-0.3, -0.25) is 4.79 Å². The van der Waals surface area contributed by atoms with Crippen LogP contribution in [0.15, 0.2) is 18.2 Å². The number of carbonyl (C=O) groups excluding carboxylic acids is 1. The van der Waals surface area contributed by atoms with Gasteiger partial charge in [0.25, 0.3) is 0 Å². The molecule has 0 aliphatic carbocycles. The van der Waals surface area contributed by atoms with Gasteiger partial charge in [0.05, 0.1) is 5.54 Å². The third-order valence-corrected chi connectivity index (χ3v) is 3.50. The number of nitrogens with two attached hydrogens (primary N) is 1. The molecular formula is C15H22N2O3. The van der Waals surface area contributed by atoms with Crippen LogP contribution >= 0.6 is 0 Å². The van der Waals surface area contributed by atoms with E-state index in [2.05, 4.69) is 5.32 Å². The molecule has 1 unspecified atom stereocenters. The maximum Gasteiger partial charge on any atom is 0.237 e. The van der Waals surface area contributed by atoms with Crippen molar-refractivity contribution in [2.24, 2.45) is 5.73 Å². The largest absolute Gasteiger partial charge is 0.454 e. The fraction of sp³-hybridized carbons (Fsp3) is 0.533. The molecule has 1 aliphatic heterocycles. The van der Waals surface area contributed by atoms with Crippen LogP contribution in [-0.2, 0) is 11.2 Å². The van der Waals surface area contributed by atoms with Crippen molar-refractivity contribution < 1.29 is 14.3 Å². The summed E-state index contributed by atoms with van der Waals surface area (Å²) in [5.41, 5.74) is 5.93. The van der Waals surface area contributed by atoms with Crippen LogP contribution in [-0.4, -0.2) is 24.3 Å². The summed E-state index contributed by atoms with van der Waals surface area (Å²) in [6.07, 6.45) is 1.38. The van der Waals surface area contributed by atoms with Crippen LogP contribution in [0.2, 0.25) is 0 Å². The van der Waals surface area contributed by atoms with Gasteiger partial charge in [-0.25, -0.2) is 0 Å². The Hall–Kier alpha value is -1.75. The number of rotatable bonds is 6. The van der Waals surface area contributed by atoms with E-state index < -0.39 is 5.54 Å². The maximum atomic E-state index is 11.7. The molecule has 0 spiro atoms. The molecule has 1 atom stereocenters. The zero-order valence-corrected chi connectivity index (χ0v) is 12.2. The van der Waals surface area contributed by atoms with Gasteiger partial charge >= 0.3 is 0 Å². The Morgan fingerprint density at radius 3 is 2.75 bits per heavy atom. The summed E-state index contributed by atoms with van der Waals surface area (Å²) in [7, 11) is 0. The fourth-order valence-electron chi connectivity index (χ4n) is 2.39. The minimum absolute atomic E-state index is 0.198. The van der Waals surface area contributed by atoms with Gasteiger partial charge in [-0.15, -0.1) is 0 Å². The van der Waals surface area contributed by atoms with E-state index in [0.29, 0.717) is 6.42 Å². The summed E-state index contributed by atoms with van der Waals surface area (Å²) in [5.74, 6) is 1.21. The third kappa shape index (κ3) is 3.22. The standard InChI is InChI=1S/C15H22N2O3/c1-10(2)17-15(3,14(16)18)7-6-11-4-5-12-13(8-11)20-9-19-12/h4-5,8,10,17H,6-7,9H2,1-3H3,(H2,16,18). The first-order chi connectivity index (χ1) is 9.40. The van der Waals surface area contributed by atoms with Gasteiger partial charge in [0.2, 0.25) is 12.7 Å². The Morgan fingerprint density at radius 2 is 2.10 bits per heavy atom. The van der Waals surface area contributed by atoms with Crippen LogP contribution in [0, 0.1) is 0 Å². The lowest BCUT2D eigenvalue weighted by molar-refractivity contribution is -0.124. The molecule has 1 aliphatic rings. The van der Waals surface area contributed by atoms with Crippen molar-refractivity contribution in [3.63, 3.8) is 0 Å². The number of ether oxygens (including phenoxy) is 2. The zero-order valence-electron chi connectivity index (χ0n) is 12.2. The molecule has 0 radical (unpaired) electrons. The molecule has 0 saturated heterocycles. The summed E-state index contributed by atoms with van der Waals surface area (Å²) in [6.45, 7) is 6.12. The van der Waals surface area contributed by atoms with E-state index >= 15 is 0 Å². The van der Waals surface area contributed by atoms with Gasteiger partial charge in [0.1, 0.15) is 0 Å². The second kappa shape index (κ2) is 5.71. The molecular weight excluding hydrogens is 256 g/mol. The lowest BCUT2D eigenvalue weighted by Crippen LogP contribution is -2.55. The van der Waals surface area contributed by atoms with Gasteiger partial charge in [-0.2, -0.15) is 0 Å². The quantitative estimate of drug-likeness (QED) is 0.828. The van der Waals surface area contributed by atoms with Crippen molar-refractivity contribution in [2.45, 2.75) is 45.2 Å². The number of fused-ring (bicyclic) bond motifs is 1. The topological polar surface area (TPSA) is 73.6 Å². The minimum Gasteiger partial charge on any atom is -0.454 e. The maximum absolute atomic E-state index is 11.7. The molecule has 2 rings (SSSR count). The summed E-state index contributed by atoms with van der Waals surface area (Å²) in [4.78, 5) is 11.7. The molecule has 1 amide bonds. The highest BCUT2D eigenvalue weighted by atomic mass is 16.7. The number of hydrogen-bond donors (Lipinski definition) is 2. The van der Waals surface area contributed by atoms with E-state index in [1.807, 2.05) is 39.0 Å². The van der Waals surface area contributed by atoms with Crippen LogP contribution in [0.3, 0.4) is 0 Å². The lowest BCUT2D eigenvalue weighted by Gasteiger charge is -2.30. The predicted molar refractivity (Wildman–Crippen MR) is 76.8 cm³/mol. The van der Waals surface area contributed by atoms with Gasteiger partial charge in [-0.05, 0) is 51.3 Å². The van der Waals surface area contributed by atoms with E-state index in [0.717, 1.165) is 23.5 Å². The third-order valence-electron chi connectivity index (χ3n) is 3.50. The molecule has 110 valence electrons. The Kier molecular flexibility index (Phi) is 4.18. The van der Waals surface area contributed by atoms with Gasteiger partial charge in [0.15, 0.2) is 11.5 Å². The first-order valence-electron chi connectivity index (χ1n) is 6.87. The lowest BCUT2D eigenvalue weighted by atomic mass is 9.91. The Bertz CT molecular complexity index is 502. The Labute approximate surface area is 119 Å².